The fraction of sp³-hybridized carbons (Fsp3) is 0.833. The molecule has 0 spiro atoms. The molecule has 0 aliphatic heterocycles. The van der Waals surface area contributed by atoms with Crippen molar-refractivity contribution in [3.63, 3.8) is 0 Å². The fourth-order valence-corrected chi connectivity index (χ4v) is 4.38. The molecule has 4 heteroatoms. The molecule has 1 heterocycles. The van der Waals surface area contributed by atoms with E-state index in [1.54, 1.807) is 11.8 Å². The van der Waals surface area contributed by atoms with Crippen molar-refractivity contribution < 1.29 is 4.42 Å². The molecule has 0 aromatic carbocycles. The van der Waals surface area contributed by atoms with Gasteiger partial charge in [0.25, 0.3) is 0 Å². The summed E-state index contributed by atoms with van der Waals surface area (Å²) >= 11 is 1.72. The van der Waals surface area contributed by atoms with E-state index in [1.165, 1.54) is 89.9 Å². The largest absolute Gasteiger partial charge is 0.408 e. The zero-order valence-electron chi connectivity index (χ0n) is 18.7. The van der Waals surface area contributed by atoms with Crippen LogP contribution in [0.15, 0.2) is 14.2 Å². The van der Waals surface area contributed by atoms with Gasteiger partial charge in [0.15, 0.2) is 5.89 Å². The molecule has 0 amide bonds. The summed E-state index contributed by atoms with van der Waals surface area (Å²) in [5.74, 6) is 1.67. The van der Waals surface area contributed by atoms with Gasteiger partial charge in [0.1, 0.15) is 5.03 Å². The smallest absolute Gasteiger partial charge is 0.342 e. The third-order valence-corrected chi connectivity index (χ3v) is 6.46. The molecule has 0 atom stereocenters. The summed E-state index contributed by atoms with van der Waals surface area (Å²) < 4.78 is 5.41. The molecule has 3 nitrogen and oxygen atoms in total. The van der Waals surface area contributed by atoms with Crippen LogP contribution in [0.1, 0.15) is 122 Å². The van der Waals surface area contributed by atoms with Crippen molar-refractivity contribution in [1.82, 2.24) is 4.98 Å². The van der Waals surface area contributed by atoms with E-state index in [4.69, 9.17) is 4.42 Å². The van der Waals surface area contributed by atoms with Crippen LogP contribution in [0.3, 0.4) is 0 Å². The van der Waals surface area contributed by atoms with Gasteiger partial charge in [-0.15, -0.1) is 11.8 Å². The van der Waals surface area contributed by atoms with Crippen LogP contribution in [0, 0.1) is 6.92 Å². The quantitative estimate of drug-likeness (QED) is 0.183. The molecule has 0 radical (unpaired) electrons. The molecule has 0 aliphatic rings. The first-order valence-electron chi connectivity index (χ1n) is 11.8. The van der Waals surface area contributed by atoms with Gasteiger partial charge in [-0.3, -0.25) is 0 Å². The van der Waals surface area contributed by atoms with Crippen LogP contribution in [0.5, 0.6) is 0 Å². The molecule has 28 heavy (non-hydrogen) atoms. The van der Waals surface area contributed by atoms with E-state index in [0.29, 0.717) is 11.5 Å². The molecule has 0 bridgehead atoms. The molecule has 1 aromatic heterocycles. The van der Waals surface area contributed by atoms with Crippen LogP contribution in [-0.4, -0.2) is 10.7 Å². The van der Waals surface area contributed by atoms with Gasteiger partial charge in [0.05, 0.1) is 5.56 Å². The van der Waals surface area contributed by atoms with Crippen LogP contribution in [0.25, 0.3) is 0 Å². The number of aromatic nitrogens is 1. The Balaban J connectivity index is 2.25. The summed E-state index contributed by atoms with van der Waals surface area (Å²) in [4.78, 5) is 16.8. The Bertz CT molecular complexity index is 556. The summed E-state index contributed by atoms with van der Waals surface area (Å²) in [7, 11) is 0. The molecule has 162 valence electrons. The molecule has 0 saturated heterocycles. The first-order valence-corrected chi connectivity index (χ1v) is 12.8. The lowest BCUT2D eigenvalue weighted by Crippen LogP contribution is -2.10. The van der Waals surface area contributed by atoms with Gasteiger partial charge >= 0.3 is 5.63 Å². The number of nitrogens with zero attached hydrogens (tertiary/aromatic N) is 1. The summed E-state index contributed by atoms with van der Waals surface area (Å²) in [6.45, 7) is 6.35. The molecular formula is C24H43NO2S. The van der Waals surface area contributed by atoms with Crippen molar-refractivity contribution in [3.05, 3.63) is 21.9 Å². The van der Waals surface area contributed by atoms with E-state index >= 15 is 0 Å². The molecule has 0 aliphatic carbocycles. The minimum Gasteiger partial charge on any atom is -0.408 e. The number of thioether (sulfide) groups is 1. The SMILES string of the molecule is CCCCCCCCCCCc1nc(SCCCCCCCC)c(C)c(=O)o1. The molecular weight excluding hydrogens is 366 g/mol. The minimum absolute atomic E-state index is 0.202. The van der Waals surface area contributed by atoms with Gasteiger partial charge in [-0.05, 0) is 25.5 Å². The fourth-order valence-electron chi connectivity index (χ4n) is 3.38. The van der Waals surface area contributed by atoms with Crippen molar-refractivity contribution in [2.45, 2.75) is 129 Å². The Morgan fingerprint density at radius 3 is 1.82 bits per heavy atom. The van der Waals surface area contributed by atoms with Crippen molar-refractivity contribution >= 4 is 11.8 Å². The number of aryl methyl sites for hydroxylation is 1. The maximum Gasteiger partial charge on any atom is 0.342 e. The third-order valence-electron chi connectivity index (χ3n) is 5.29. The van der Waals surface area contributed by atoms with Crippen LogP contribution < -0.4 is 5.63 Å². The van der Waals surface area contributed by atoms with Crippen molar-refractivity contribution in [2.24, 2.45) is 0 Å². The highest BCUT2D eigenvalue weighted by Gasteiger charge is 2.10. The Labute approximate surface area is 177 Å². The summed E-state index contributed by atoms with van der Waals surface area (Å²) in [5.41, 5.74) is 0.471. The summed E-state index contributed by atoms with van der Waals surface area (Å²) in [5, 5.41) is 0.885. The standard InChI is InChI=1S/C24H43NO2S/c1-4-6-8-10-12-13-14-15-17-19-22-25-23(21(3)24(26)27-22)28-20-18-16-11-9-7-5-2/h4-20H2,1-3H3. The lowest BCUT2D eigenvalue weighted by molar-refractivity contribution is 0.410. The highest BCUT2D eigenvalue weighted by molar-refractivity contribution is 7.99. The van der Waals surface area contributed by atoms with Crippen molar-refractivity contribution in [1.29, 1.82) is 0 Å². The van der Waals surface area contributed by atoms with E-state index in [2.05, 4.69) is 18.8 Å². The third kappa shape index (κ3) is 11.9. The second-order valence-electron chi connectivity index (χ2n) is 8.02. The van der Waals surface area contributed by atoms with Crippen LogP contribution in [-0.2, 0) is 6.42 Å². The Morgan fingerprint density at radius 2 is 1.25 bits per heavy atom. The first kappa shape index (κ1) is 25.3. The van der Waals surface area contributed by atoms with Gasteiger partial charge in [-0.1, -0.05) is 97.3 Å². The van der Waals surface area contributed by atoms with Gasteiger partial charge in [0.2, 0.25) is 0 Å². The van der Waals surface area contributed by atoms with Crippen LogP contribution >= 0.6 is 11.8 Å². The second kappa shape index (κ2) is 17.1. The summed E-state index contributed by atoms with van der Waals surface area (Å²) in [6.07, 6.45) is 20.2. The monoisotopic (exact) mass is 409 g/mol. The Morgan fingerprint density at radius 1 is 0.750 bits per heavy atom. The van der Waals surface area contributed by atoms with Crippen molar-refractivity contribution in [2.75, 3.05) is 5.75 Å². The van der Waals surface area contributed by atoms with Crippen LogP contribution in [0.4, 0.5) is 0 Å². The zero-order chi connectivity index (χ0) is 20.5. The van der Waals surface area contributed by atoms with Gasteiger partial charge in [-0.25, -0.2) is 9.78 Å². The first-order chi connectivity index (χ1) is 13.7. The predicted octanol–water partition coefficient (Wildman–Crippen LogP) is 7.87. The van der Waals surface area contributed by atoms with E-state index in [9.17, 15) is 4.79 Å². The van der Waals surface area contributed by atoms with Gasteiger partial charge in [0, 0.05) is 6.42 Å². The molecule has 0 saturated carbocycles. The van der Waals surface area contributed by atoms with E-state index < -0.39 is 0 Å². The predicted molar refractivity (Wildman–Crippen MR) is 123 cm³/mol. The molecule has 0 N–H and O–H groups in total. The maximum atomic E-state index is 12.1. The van der Waals surface area contributed by atoms with Crippen LogP contribution in [0.2, 0.25) is 0 Å². The topological polar surface area (TPSA) is 43.1 Å². The number of hydrogen-bond acceptors (Lipinski definition) is 4. The Kier molecular flexibility index (Phi) is 15.4. The number of rotatable bonds is 18. The average Bonchev–Trinajstić information content (AvgIpc) is 2.69. The summed E-state index contributed by atoms with van der Waals surface area (Å²) in [6, 6.07) is 0. The highest BCUT2D eigenvalue weighted by atomic mass is 32.2. The lowest BCUT2D eigenvalue weighted by atomic mass is 10.1. The average molecular weight is 410 g/mol. The van der Waals surface area contributed by atoms with Crippen molar-refractivity contribution in [3.8, 4) is 0 Å². The molecule has 0 unspecified atom stereocenters. The highest BCUT2D eigenvalue weighted by Crippen LogP contribution is 2.21. The second-order valence-corrected chi connectivity index (χ2v) is 9.10. The normalized spacial score (nSPS) is 11.2. The number of hydrogen-bond donors (Lipinski definition) is 0. The maximum absolute atomic E-state index is 12.1. The molecule has 1 rings (SSSR count). The van der Waals surface area contributed by atoms with Gasteiger partial charge in [-0.2, -0.15) is 0 Å². The van der Waals surface area contributed by atoms with E-state index in [0.717, 1.165) is 23.6 Å². The van der Waals surface area contributed by atoms with Gasteiger partial charge < -0.3 is 4.42 Å². The zero-order valence-corrected chi connectivity index (χ0v) is 19.5. The minimum atomic E-state index is -0.202. The van der Waals surface area contributed by atoms with E-state index in [-0.39, 0.29) is 5.63 Å². The lowest BCUT2D eigenvalue weighted by Gasteiger charge is -2.06. The number of unbranched alkanes of at least 4 members (excludes halogenated alkanes) is 13. The molecule has 0 fully saturated rings. The van der Waals surface area contributed by atoms with E-state index in [1.807, 2.05) is 6.92 Å². The molecule has 1 aromatic rings. The Hall–Kier alpha value is -0.770.